The van der Waals surface area contributed by atoms with Crippen LogP contribution in [0, 0.1) is 5.92 Å². The minimum Gasteiger partial charge on any atom is -0.310 e. The Labute approximate surface area is 128 Å². The zero-order chi connectivity index (χ0) is 14.4. The molecule has 20 heavy (non-hydrogen) atoms. The quantitative estimate of drug-likeness (QED) is 0.849. The first-order chi connectivity index (χ1) is 9.65. The van der Waals surface area contributed by atoms with E-state index in [1.165, 1.54) is 44.5 Å². The van der Waals surface area contributed by atoms with E-state index < -0.39 is 0 Å². The SMILES string of the molecule is CC(CNC(C)c1cccc(Cl)c1)CN1CCCCC1. The summed E-state index contributed by atoms with van der Waals surface area (Å²) < 4.78 is 0. The van der Waals surface area contributed by atoms with E-state index in [-0.39, 0.29) is 0 Å². The van der Waals surface area contributed by atoms with Gasteiger partial charge >= 0.3 is 0 Å². The molecule has 2 atom stereocenters. The summed E-state index contributed by atoms with van der Waals surface area (Å²) >= 11 is 6.05. The molecule has 0 radical (unpaired) electrons. The molecule has 3 heteroatoms. The second kappa shape index (κ2) is 8.02. The van der Waals surface area contributed by atoms with Crippen molar-refractivity contribution in [2.24, 2.45) is 5.92 Å². The van der Waals surface area contributed by atoms with Gasteiger partial charge in [0.15, 0.2) is 0 Å². The molecule has 1 N–H and O–H groups in total. The topological polar surface area (TPSA) is 15.3 Å². The van der Waals surface area contributed by atoms with E-state index in [0.29, 0.717) is 12.0 Å². The molecule has 1 saturated heterocycles. The molecule has 0 aliphatic carbocycles. The van der Waals surface area contributed by atoms with Crippen molar-refractivity contribution in [3.63, 3.8) is 0 Å². The summed E-state index contributed by atoms with van der Waals surface area (Å²) in [5.74, 6) is 0.690. The molecule has 0 aromatic heterocycles. The zero-order valence-corrected chi connectivity index (χ0v) is 13.5. The number of hydrogen-bond acceptors (Lipinski definition) is 2. The molecule has 0 saturated carbocycles. The highest BCUT2D eigenvalue weighted by Crippen LogP contribution is 2.18. The van der Waals surface area contributed by atoms with Crippen LogP contribution in [0.4, 0.5) is 0 Å². The van der Waals surface area contributed by atoms with Crippen molar-refractivity contribution in [1.29, 1.82) is 0 Å². The van der Waals surface area contributed by atoms with Crippen molar-refractivity contribution in [3.05, 3.63) is 34.9 Å². The van der Waals surface area contributed by atoms with Crippen molar-refractivity contribution in [1.82, 2.24) is 10.2 Å². The summed E-state index contributed by atoms with van der Waals surface area (Å²) in [5, 5.41) is 4.45. The molecule has 1 aromatic rings. The van der Waals surface area contributed by atoms with E-state index in [2.05, 4.69) is 36.2 Å². The molecular formula is C17H27ClN2. The molecule has 2 rings (SSSR count). The second-order valence-corrected chi connectivity index (χ2v) is 6.59. The average Bonchev–Trinajstić information content (AvgIpc) is 2.46. The molecule has 1 aliphatic heterocycles. The minimum atomic E-state index is 0.359. The third kappa shape index (κ3) is 5.08. The number of nitrogens with zero attached hydrogens (tertiary/aromatic N) is 1. The van der Waals surface area contributed by atoms with E-state index in [1.54, 1.807) is 0 Å². The largest absolute Gasteiger partial charge is 0.310 e. The van der Waals surface area contributed by atoms with Crippen molar-refractivity contribution in [3.8, 4) is 0 Å². The van der Waals surface area contributed by atoms with Crippen molar-refractivity contribution >= 4 is 11.6 Å². The average molecular weight is 295 g/mol. The number of rotatable bonds is 6. The summed E-state index contributed by atoms with van der Waals surface area (Å²) in [4.78, 5) is 2.61. The zero-order valence-electron chi connectivity index (χ0n) is 12.7. The standard InChI is InChI=1S/C17H27ClN2/c1-14(13-20-9-4-3-5-10-20)12-19-15(2)16-7-6-8-17(18)11-16/h6-8,11,14-15,19H,3-5,9-10,12-13H2,1-2H3. The van der Waals surface area contributed by atoms with Crippen LogP contribution in [-0.4, -0.2) is 31.1 Å². The number of hydrogen-bond donors (Lipinski definition) is 1. The second-order valence-electron chi connectivity index (χ2n) is 6.15. The van der Waals surface area contributed by atoms with E-state index in [4.69, 9.17) is 11.6 Å². The summed E-state index contributed by atoms with van der Waals surface area (Å²) in [6.45, 7) is 9.40. The molecule has 1 fully saturated rings. The van der Waals surface area contributed by atoms with Crippen LogP contribution in [-0.2, 0) is 0 Å². The fourth-order valence-corrected chi connectivity index (χ4v) is 3.12. The van der Waals surface area contributed by atoms with Gasteiger partial charge in [0.25, 0.3) is 0 Å². The summed E-state index contributed by atoms with van der Waals surface area (Å²) in [5.41, 5.74) is 1.27. The first-order valence-corrected chi connectivity index (χ1v) is 8.24. The lowest BCUT2D eigenvalue weighted by Gasteiger charge is -2.29. The number of likely N-dealkylation sites (tertiary alicyclic amines) is 1. The Hall–Kier alpha value is -0.570. The van der Waals surface area contributed by atoms with Gasteiger partial charge in [-0.1, -0.05) is 37.1 Å². The van der Waals surface area contributed by atoms with Gasteiger partial charge in [0.05, 0.1) is 0 Å². The smallest absolute Gasteiger partial charge is 0.0409 e. The Morgan fingerprint density at radius 2 is 1.95 bits per heavy atom. The van der Waals surface area contributed by atoms with Gasteiger partial charge in [0, 0.05) is 17.6 Å². The van der Waals surface area contributed by atoms with E-state index >= 15 is 0 Å². The van der Waals surface area contributed by atoms with E-state index in [1.807, 2.05) is 12.1 Å². The normalized spacial score (nSPS) is 19.8. The van der Waals surface area contributed by atoms with Gasteiger partial charge in [-0.15, -0.1) is 0 Å². The highest BCUT2D eigenvalue weighted by molar-refractivity contribution is 6.30. The lowest BCUT2D eigenvalue weighted by Crippen LogP contribution is -2.37. The first kappa shape index (κ1) is 15.8. The minimum absolute atomic E-state index is 0.359. The van der Waals surface area contributed by atoms with Gasteiger partial charge in [0.2, 0.25) is 0 Å². The Morgan fingerprint density at radius 3 is 2.65 bits per heavy atom. The number of benzene rings is 1. The molecule has 0 spiro atoms. The fourth-order valence-electron chi connectivity index (χ4n) is 2.92. The van der Waals surface area contributed by atoms with Gasteiger partial charge < -0.3 is 10.2 Å². The Morgan fingerprint density at radius 1 is 1.20 bits per heavy atom. The van der Waals surface area contributed by atoms with Crippen LogP contribution in [0.2, 0.25) is 5.02 Å². The van der Waals surface area contributed by atoms with Crippen LogP contribution in [0.1, 0.15) is 44.7 Å². The van der Waals surface area contributed by atoms with Crippen LogP contribution in [0.5, 0.6) is 0 Å². The lowest BCUT2D eigenvalue weighted by atomic mass is 10.1. The van der Waals surface area contributed by atoms with E-state index in [9.17, 15) is 0 Å². The Balaban J connectivity index is 1.73. The number of nitrogens with one attached hydrogen (secondary N) is 1. The van der Waals surface area contributed by atoms with Crippen LogP contribution in [0.3, 0.4) is 0 Å². The monoisotopic (exact) mass is 294 g/mol. The highest BCUT2D eigenvalue weighted by atomic mass is 35.5. The third-order valence-corrected chi connectivity index (χ3v) is 4.37. The van der Waals surface area contributed by atoms with Gasteiger partial charge in [0.1, 0.15) is 0 Å². The maximum absolute atomic E-state index is 6.05. The molecule has 1 heterocycles. The van der Waals surface area contributed by atoms with Gasteiger partial charge in [-0.25, -0.2) is 0 Å². The van der Waals surface area contributed by atoms with Crippen LogP contribution < -0.4 is 5.32 Å². The Bertz CT molecular complexity index is 402. The maximum atomic E-state index is 6.05. The maximum Gasteiger partial charge on any atom is 0.0409 e. The van der Waals surface area contributed by atoms with Crippen molar-refractivity contribution in [2.45, 2.75) is 39.2 Å². The number of piperidine rings is 1. The third-order valence-electron chi connectivity index (χ3n) is 4.14. The first-order valence-electron chi connectivity index (χ1n) is 7.86. The predicted octanol–water partition coefficient (Wildman–Crippen LogP) is 4.11. The lowest BCUT2D eigenvalue weighted by molar-refractivity contribution is 0.197. The van der Waals surface area contributed by atoms with Gasteiger partial charge in [-0.05, 0) is 63.0 Å². The Kier molecular flexibility index (Phi) is 6.34. The molecular weight excluding hydrogens is 268 g/mol. The predicted molar refractivity (Wildman–Crippen MR) is 87.3 cm³/mol. The molecule has 1 aliphatic rings. The molecule has 2 nitrogen and oxygen atoms in total. The van der Waals surface area contributed by atoms with Crippen molar-refractivity contribution in [2.75, 3.05) is 26.2 Å². The fraction of sp³-hybridized carbons (Fsp3) is 0.647. The van der Waals surface area contributed by atoms with Gasteiger partial charge in [-0.2, -0.15) is 0 Å². The summed E-state index contributed by atoms with van der Waals surface area (Å²) in [7, 11) is 0. The molecule has 112 valence electrons. The van der Waals surface area contributed by atoms with Crippen LogP contribution in [0.25, 0.3) is 0 Å². The molecule has 0 amide bonds. The molecule has 1 aromatic carbocycles. The van der Waals surface area contributed by atoms with Crippen LogP contribution >= 0.6 is 11.6 Å². The summed E-state index contributed by atoms with van der Waals surface area (Å²) in [6.07, 6.45) is 4.16. The van der Waals surface area contributed by atoms with Crippen molar-refractivity contribution < 1.29 is 0 Å². The molecule has 2 unspecified atom stereocenters. The van der Waals surface area contributed by atoms with Crippen LogP contribution in [0.15, 0.2) is 24.3 Å². The van der Waals surface area contributed by atoms with E-state index in [0.717, 1.165) is 11.6 Å². The van der Waals surface area contributed by atoms with Gasteiger partial charge in [-0.3, -0.25) is 0 Å². The number of halogens is 1. The molecule has 0 bridgehead atoms. The highest BCUT2D eigenvalue weighted by Gasteiger charge is 2.14. The summed E-state index contributed by atoms with van der Waals surface area (Å²) in [6, 6.07) is 8.49.